The van der Waals surface area contributed by atoms with Crippen LogP contribution in [0.1, 0.15) is 28.1 Å². The zero-order chi connectivity index (χ0) is 18.9. The smallest absolute Gasteiger partial charge is 0.416 e. The van der Waals surface area contributed by atoms with Crippen LogP contribution in [-0.4, -0.2) is 36.1 Å². The third-order valence-corrected chi connectivity index (χ3v) is 5.66. The molecule has 0 spiro atoms. The number of thiazole rings is 1. The first-order chi connectivity index (χ1) is 13.0. The summed E-state index contributed by atoms with van der Waals surface area (Å²) in [5, 5.41) is 3.67. The minimum atomic E-state index is -4.41. The van der Waals surface area contributed by atoms with Gasteiger partial charge in [-0.3, -0.25) is 4.90 Å². The monoisotopic (exact) mass is 395 g/mol. The van der Waals surface area contributed by atoms with Crippen molar-refractivity contribution in [2.24, 2.45) is 0 Å². The molecule has 2 aliphatic rings. The molecule has 1 aromatic carbocycles. The fourth-order valence-corrected chi connectivity index (χ4v) is 4.17. The van der Waals surface area contributed by atoms with Gasteiger partial charge in [-0.2, -0.15) is 13.2 Å². The number of allylic oxidation sites excluding steroid dienone is 1. The molecule has 1 aliphatic carbocycles. The first-order valence-electron chi connectivity index (χ1n) is 8.96. The van der Waals surface area contributed by atoms with Crippen LogP contribution in [0.15, 0.2) is 24.3 Å². The van der Waals surface area contributed by atoms with Crippen molar-refractivity contribution in [3.8, 4) is 10.9 Å². The van der Waals surface area contributed by atoms with Gasteiger partial charge in [0.1, 0.15) is 5.75 Å². The van der Waals surface area contributed by atoms with Crippen LogP contribution >= 0.6 is 11.3 Å². The van der Waals surface area contributed by atoms with Gasteiger partial charge in [0.25, 0.3) is 5.19 Å². The maximum atomic E-state index is 13.2. The van der Waals surface area contributed by atoms with Gasteiger partial charge in [0, 0.05) is 38.3 Å². The summed E-state index contributed by atoms with van der Waals surface area (Å²) in [5.74, 6) is 0.235. The number of piperazine rings is 1. The van der Waals surface area contributed by atoms with Gasteiger partial charge in [0.2, 0.25) is 0 Å². The summed E-state index contributed by atoms with van der Waals surface area (Å²) < 4.78 is 45.4. The van der Waals surface area contributed by atoms with Crippen LogP contribution in [0.3, 0.4) is 0 Å². The maximum absolute atomic E-state index is 13.2. The van der Waals surface area contributed by atoms with E-state index in [-0.39, 0.29) is 5.75 Å². The van der Waals surface area contributed by atoms with Crippen LogP contribution in [0.25, 0.3) is 6.08 Å². The van der Waals surface area contributed by atoms with Gasteiger partial charge in [-0.1, -0.05) is 23.5 Å². The van der Waals surface area contributed by atoms with E-state index in [2.05, 4.69) is 21.3 Å². The molecule has 0 saturated carbocycles. The summed E-state index contributed by atoms with van der Waals surface area (Å²) in [6, 6.07) is 3.74. The Labute approximate surface area is 159 Å². The molecule has 0 amide bonds. The van der Waals surface area contributed by atoms with Gasteiger partial charge in [0.15, 0.2) is 0 Å². The van der Waals surface area contributed by atoms with E-state index in [1.54, 1.807) is 0 Å². The van der Waals surface area contributed by atoms with E-state index in [1.165, 1.54) is 17.4 Å². The van der Waals surface area contributed by atoms with E-state index < -0.39 is 11.7 Å². The van der Waals surface area contributed by atoms with Gasteiger partial charge < -0.3 is 10.1 Å². The Bertz CT molecular complexity index is 841. The standard InChI is InChI=1S/C19H20F3N3OS/c20-19(21,22)14-6-5-13(12-25-9-7-23-8-10-25)16(11-14)26-18-24-15-3-1-2-4-17(15)27-18/h2,4-6,11,23H,1,3,7-10,12H2. The van der Waals surface area contributed by atoms with E-state index in [0.29, 0.717) is 11.7 Å². The summed E-state index contributed by atoms with van der Waals surface area (Å²) in [6.07, 6.45) is 1.42. The number of fused-ring (bicyclic) bond motifs is 1. The minimum Gasteiger partial charge on any atom is -0.431 e. The van der Waals surface area contributed by atoms with E-state index in [9.17, 15) is 13.2 Å². The van der Waals surface area contributed by atoms with Crippen LogP contribution in [0.2, 0.25) is 0 Å². The highest BCUT2D eigenvalue weighted by Crippen LogP contribution is 2.38. The van der Waals surface area contributed by atoms with Crippen LogP contribution in [0, 0.1) is 0 Å². The Hall–Kier alpha value is -1.90. The summed E-state index contributed by atoms with van der Waals surface area (Å²) in [6.45, 7) is 4.03. The first-order valence-corrected chi connectivity index (χ1v) is 9.78. The highest BCUT2D eigenvalue weighted by Gasteiger charge is 2.31. The van der Waals surface area contributed by atoms with E-state index in [0.717, 1.165) is 67.3 Å². The SMILES string of the molecule is FC(F)(F)c1ccc(CN2CCNCC2)c(Oc2nc3c(s2)C=CCC3)c1. The molecular formula is C19H20F3N3OS. The molecule has 0 unspecified atom stereocenters. The highest BCUT2D eigenvalue weighted by atomic mass is 32.1. The van der Waals surface area contributed by atoms with Gasteiger partial charge in [0.05, 0.1) is 16.1 Å². The largest absolute Gasteiger partial charge is 0.431 e. The number of nitrogens with one attached hydrogen (secondary N) is 1. The summed E-state index contributed by atoms with van der Waals surface area (Å²) >= 11 is 1.37. The van der Waals surface area contributed by atoms with Crippen molar-refractivity contribution < 1.29 is 17.9 Å². The number of halogens is 3. The molecule has 8 heteroatoms. The lowest BCUT2D eigenvalue weighted by Gasteiger charge is -2.27. The fourth-order valence-electron chi connectivity index (χ4n) is 3.27. The topological polar surface area (TPSA) is 37.4 Å². The average Bonchev–Trinajstić information content (AvgIpc) is 3.05. The predicted molar refractivity (Wildman–Crippen MR) is 99.1 cm³/mol. The maximum Gasteiger partial charge on any atom is 0.416 e. The van der Waals surface area contributed by atoms with Crippen LogP contribution in [-0.2, 0) is 19.1 Å². The molecule has 0 bridgehead atoms. The lowest BCUT2D eigenvalue weighted by Crippen LogP contribution is -2.42. The number of hydrogen-bond donors (Lipinski definition) is 1. The number of rotatable bonds is 4. The average molecular weight is 395 g/mol. The molecule has 144 valence electrons. The molecule has 1 N–H and O–H groups in total. The van der Waals surface area contributed by atoms with Crippen molar-refractivity contribution in [1.82, 2.24) is 15.2 Å². The van der Waals surface area contributed by atoms with Gasteiger partial charge in [-0.05, 0) is 31.1 Å². The summed E-state index contributed by atoms with van der Waals surface area (Å²) in [7, 11) is 0. The molecule has 1 aromatic heterocycles. The molecule has 1 aliphatic heterocycles. The fraction of sp³-hybridized carbons (Fsp3) is 0.421. The second kappa shape index (κ2) is 7.61. The van der Waals surface area contributed by atoms with Crippen molar-refractivity contribution in [2.75, 3.05) is 26.2 Å². The van der Waals surface area contributed by atoms with Crippen LogP contribution in [0.4, 0.5) is 13.2 Å². The first kappa shape index (κ1) is 18.5. The predicted octanol–water partition coefficient (Wildman–Crippen LogP) is 4.32. The molecule has 1 fully saturated rings. The summed E-state index contributed by atoms with van der Waals surface area (Å²) in [5.41, 5.74) is 0.990. The number of hydrogen-bond acceptors (Lipinski definition) is 5. The van der Waals surface area contributed by atoms with Crippen molar-refractivity contribution in [3.05, 3.63) is 46.0 Å². The zero-order valence-electron chi connectivity index (χ0n) is 14.7. The Kier molecular flexibility index (Phi) is 5.21. The summed E-state index contributed by atoms with van der Waals surface area (Å²) in [4.78, 5) is 7.70. The number of aromatic nitrogens is 1. The second-order valence-corrected chi connectivity index (χ2v) is 7.67. The molecule has 2 heterocycles. The number of ether oxygens (including phenoxy) is 1. The lowest BCUT2D eigenvalue weighted by atomic mass is 10.1. The number of nitrogens with zero attached hydrogens (tertiary/aromatic N) is 2. The number of aryl methyl sites for hydroxylation is 1. The Morgan fingerprint density at radius 1 is 1.22 bits per heavy atom. The van der Waals surface area contributed by atoms with Gasteiger partial charge >= 0.3 is 6.18 Å². The van der Waals surface area contributed by atoms with Crippen molar-refractivity contribution >= 4 is 17.4 Å². The quantitative estimate of drug-likeness (QED) is 0.837. The Morgan fingerprint density at radius 3 is 2.78 bits per heavy atom. The van der Waals surface area contributed by atoms with Crippen LogP contribution < -0.4 is 10.1 Å². The third-order valence-electron chi connectivity index (χ3n) is 4.72. The molecule has 4 nitrogen and oxygen atoms in total. The number of alkyl halides is 3. The Morgan fingerprint density at radius 2 is 2.04 bits per heavy atom. The zero-order valence-corrected chi connectivity index (χ0v) is 15.5. The van der Waals surface area contributed by atoms with E-state index in [4.69, 9.17) is 4.74 Å². The molecule has 2 aromatic rings. The molecule has 0 radical (unpaired) electrons. The van der Waals surface area contributed by atoms with Gasteiger partial charge in [-0.25, -0.2) is 4.98 Å². The van der Waals surface area contributed by atoms with Crippen molar-refractivity contribution in [3.63, 3.8) is 0 Å². The normalized spacial score (nSPS) is 17.7. The molecule has 4 rings (SSSR count). The lowest BCUT2D eigenvalue weighted by molar-refractivity contribution is -0.137. The van der Waals surface area contributed by atoms with E-state index in [1.807, 2.05) is 6.08 Å². The van der Waals surface area contributed by atoms with Gasteiger partial charge in [-0.15, -0.1) is 0 Å². The molecule has 1 saturated heterocycles. The van der Waals surface area contributed by atoms with Crippen LogP contribution in [0.5, 0.6) is 10.9 Å². The van der Waals surface area contributed by atoms with Crippen molar-refractivity contribution in [2.45, 2.75) is 25.6 Å². The Balaban J connectivity index is 1.62. The molecular weight excluding hydrogens is 375 g/mol. The van der Waals surface area contributed by atoms with E-state index >= 15 is 0 Å². The second-order valence-electron chi connectivity index (χ2n) is 6.68. The highest BCUT2D eigenvalue weighted by molar-refractivity contribution is 7.14. The van der Waals surface area contributed by atoms with Crippen molar-refractivity contribution in [1.29, 1.82) is 0 Å². The molecule has 27 heavy (non-hydrogen) atoms. The third kappa shape index (κ3) is 4.34. The minimum absolute atomic E-state index is 0.235. The molecule has 0 atom stereocenters. The number of benzene rings is 1.